The van der Waals surface area contributed by atoms with Crippen molar-refractivity contribution >= 4 is 11.4 Å². The zero-order valence-corrected chi connectivity index (χ0v) is 10.5. The van der Waals surface area contributed by atoms with Crippen LogP contribution in [-0.2, 0) is 0 Å². The molecule has 0 aliphatic carbocycles. The Labute approximate surface area is 111 Å². The molecule has 0 spiro atoms. The monoisotopic (exact) mass is 255 g/mol. The highest BCUT2D eigenvalue weighted by Crippen LogP contribution is 2.24. The molecule has 3 N–H and O–H groups in total. The van der Waals surface area contributed by atoms with Crippen molar-refractivity contribution in [1.29, 1.82) is 5.26 Å². The summed E-state index contributed by atoms with van der Waals surface area (Å²) >= 11 is 0. The predicted octanol–water partition coefficient (Wildman–Crippen LogP) is 3.45. The molecule has 0 saturated carbocycles. The van der Waals surface area contributed by atoms with E-state index >= 15 is 0 Å². The van der Waals surface area contributed by atoms with Gasteiger partial charge in [-0.15, -0.1) is 0 Å². The normalized spacial score (nSPS) is 11.6. The standard InChI is InChI=1S/C15H14FN3/c1-10(13-4-2-3-5-14(13)16)19-12-7-6-11(9-17)15(18)8-12/h2-8,10,19H,18H2,1H3. The molecule has 4 heteroatoms. The van der Waals surface area contributed by atoms with E-state index < -0.39 is 0 Å². The lowest BCUT2D eigenvalue weighted by atomic mass is 10.1. The fourth-order valence-electron chi connectivity index (χ4n) is 1.91. The van der Waals surface area contributed by atoms with Crippen LogP contribution in [0.1, 0.15) is 24.1 Å². The van der Waals surface area contributed by atoms with E-state index in [0.29, 0.717) is 16.8 Å². The SMILES string of the molecule is CC(Nc1ccc(C#N)c(N)c1)c1ccccc1F. The Morgan fingerprint density at radius 1 is 1.26 bits per heavy atom. The first kappa shape index (κ1) is 12.9. The van der Waals surface area contributed by atoms with Gasteiger partial charge in [0.25, 0.3) is 0 Å². The van der Waals surface area contributed by atoms with E-state index in [1.54, 1.807) is 36.4 Å². The van der Waals surface area contributed by atoms with Crippen molar-refractivity contribution in [2.45, 2.75) is 13.0 Å². The summed E-state index contributed by atoms with van der Waals surface area (Å²) in [6.45, 7) is 1.87. The molecule has 0 heterocycles. The van der Waals surface area contributed by atoms with Crippen LogP contribution in [0.2, 0.25) is 0 Å². The lowest BCUT2D eigenvalue weighted by Gasteiger charge is -2.16. The minimum atomic E-state index is -0.246. The first-order valence-electron chi connectivity index (χ1n) is 5.92. The van der Waals surface area contributed by atoms with Gasteiger partial charge in [-0.3, -0.25) is 0 Å². The molecule has 1 unspecified atom stereocenters. The zero-order valence-electron chi connectivity index (χ0n) is 10.5. The summed E-state index contributed by atoms with van der Waals surface area (Å²) in [5, 5.41) is 12.0. The van der Waals surface area contributed by atoms with Gasteiger partial charge in [0.2, 0.25) is 0 Å². The molecule has 0 aliphatic heterocycles. The maximum Gasteiger partial charge on any atom is 0.128 e. The molecule has 1 atom stereocenters. The second-order valence-corrected chi connectivity index (χ2v) is 4.30. The van der Waals surface area contributed by atoms with Crippen molar-refractivity contribution < 1.29 is 4.39 Å². The largest absolute Gasteiger partial charge is 0.398 e. The molecule has 19 heavy (non-hydrogen) atoms. The summed E-state index contributed by atoms with van der Waals surface area (Å²) in [5.74, 6) is -0.246. The topological polar surface area (TPSA) is 61.8 Å². The van der Waals surface area contributed by atoms with Gasteiger partial charge in [-0.1, -0.05) is 18.2 Å². The highest BCUT2D eigenvalue weighted by molar-refractivity contribution is 5.63. The van der Waals surface area contributed by atoms with Gasteiger partial charge >= 0.3 is 0 Å². The van der Waals surface area contributed by atoms with Crippen molar-refractivity contribution in [3.05, 3.63) is 59.4 Å². The number of benzene rings is 2. The third-order valence-corrected chi connectivity index (χ3v) is 2.93. The number of halogens is 1. The molecule has 96 valence electrons. The van der Waals surface area contributed by atoms with Gasteiger partial charge in [0.05, 0.1) is 17.3 Å². The highest BCUT2D eigenvalue weighted by atomic mass is 19.1. The van der Waals surface area contributed by atoms with E-state index in [4.69, 9.17) is 11.0 Å². The van der Waals surface area contributed by atoms with E-state index in [1.165, 1.54) is 6.07 Å². The van der Waals surface area contributed by atoms with Gasteiger partial charge in [0.15, 0.2) is 0 Å². The fourth-order valence-corrected chi connectivity index (χ4v) is 1.91. The Hall–Kier alpha value is -2.54. The van der Waals surface area contributed by atoms with Gasteiger partial charge < -0.3 is 11.1 Å². The number of hydrogen-bond acceptors (Lipinski definition) is 3. The molecular formula is C15H14FN3. The Kier molecular flexibility index (Phi) is 3.67. The van der Waals surface area contributed by atoms with E-state index in [9.17, 15) is 4.39 Å². The molecule has 0 radical (unpaired) electrons. The average Bonchev–Trinajstić information content (AvgIpc) is 2.39. The van der Waals surface area contributed by atoms with Crippen molar-refractivity contribution in [2.24, 2.45) is 0 Å². The van der Waals surface area contributed by atoms with Crippen molar-refractivity contribution in [1.82, 2.24) is 0 Å². The van der Waals surface area contributed by atoms with E-state index in [-0.39, 0.29) is 11.9 Å². The molecule has 0 amide bonds. The number of nitrogens with one attached hydrogen (secondary N) is 1. The maximum absolute atomic E-state index is 13.6. The van der Waals surface area contributed by atoms with Crippen LogP contribution in [0, 0.1) is 17.1 Å². The smallest absolute Gasteiger partial charge is 0.128 e. The molecule has 0 aromatic heterocycles. The van der Waals surface area contributed by atoms with E-state index in [1.807, 2.05) is 13.0 Å². The van der Waals surface area contributed by atoms with Crippen molar-refractivity contribution in [2.75, 3.05) is 11.1 Å². The molecule has 0 saturated heterocycles. The Balaban J connectivity index is 2.20. The number of nitriles is 1. The highest BCUT2D eigenvalue weighted by Gasteiger charge is 2.10. The second-order valence-electron chi connectivity index (χ2n) is 4.30. The summed E-state index contributed by atoms with van der Waals surface area (Å²) in [7, 11) is 0. The van der Waals surface area contributed by atoms with Crippen LogP contribution in [0.4, 0.5) is 15.8 Å². The molecule has 0 fully saturated rings. The average molecular weight is 255 g/mol. The maximum atomic E-state index is 13.6. The summed E-state index contributed by atoms with van der Waals surface area (Å²) in [4.78, 5) is 0. The molecule has 2 aromatic rings. The van der Waals surface area contributed by atoms with Gasteiger partial charge in [0.1, 0.15) is 11.9 Å². The number of hydrogen-bond donors (Lipinski definition) is 2. The number of nitrogen functional groups attached to an aromatic ring is 1. The Bertz CT molecular complexity index is 632. The number of anilines is 2. The first-order chi connectivity index (χ1) is 9.11. The Morgan fingerprint density at radius 3 is 2.63 bits per heavy atom. The van der Waals surface area contributed by atoms with Gasteiger partial charge in [-0.25, -0.2) is 4.39 Å². The van der Waals surface area contributed by atoms with E-state index in [0.717, 1.165) is 5.69 Å². The molecule has 2 rings (SSSR count). The van der Waals surface area contributed by atoms with Crippen LogP contribution in [0.15, 0.2) is 42.5 Å². The third-order valence-electron chi connectivity index (χ3n) is 2.93. The quantitative estimate of drug-likeness (QED) is 0.826. The molecular weight excluding hydrogens is 241 g/mol. The second kappa shape index (κ2) is 5.40. The van der Waals surface area contributed by atoms with Crippen LogP contribution in [0.5, 0.6) is 0 Å². The minimum absolute atomic E-state index is 0.187. The number of nitrogens with zero attached hydrogens (tertiary/aromatic N) is 1. The number of rotatable bonds is 3. The van der Waals surface area contributed by atoms with Gasteiger partial charge in [0, 0.05) is 11.3 Å². The van der Waals surface area contributed by atoms with Crippen LogP contribution >= 0.6 is 0 Å². The van der Waals surface area contributed by atoms with Gasteiger partial charge in [-0.2, -0.15) is 5.26 Å². The first-order valence-corrected chi connectivity index (χ1v) is 5.92. The van der Waals surface area contributed by atoms with Crippen molar-refractivity contribution in [3.63, 3.8) is 0 Å². The lowest BCUT2D eigenvalue weighted by molar-refractivity contribution is 0.600. The molecule has 3 nitrogen and oxygen atoms in total. The molecule has 0 bridgehead atoms. The zero-order chi connectivity index (χ0) is 13.8. The number of nitrogens with two attached hydrogens (primary N) is 1. The summed E-state index contributed by atoms with van der Waals surface area (Å²) in [6.07, 6.45) is 0. The summed E-state index contributed by atoms with van der Waals surface area (Å²) < 4.78 is 13.6. The van der Waals surface area contributed by atoms with Crippen LogP contribution in [0.25, 0.3) is 0 Å². The molecule has 2 aromatic carbocycles. The van der Waals surface area contributed by atoms with Crippen LogP contribution in [-0.4, -0.2) is 0 Å². The fraction of sp³-hybridized carbons (Fsp3) is 0.133. The van der Waals surface area contributed by atoms with Crippen molar-refractivity contribution in [3.8, 4) is 6.07 Å². The van der Waals surface area contributed by atoms with Gasteiger partial charge in [-0.05, 0) is 31.2 Å². The van der Waals surface area contributed by atoms with Crippen LogP contribution in [0.3, 0.4) is 0 Å². The summed E-state index contributed by atoms with van der Waals surface area (Å²) in [6, 6.07) is 13.5. The predicted molar refractivity (Wildman–Crippen MR) is 74.0 cm³/mol. The third kappa shape index (κ3) is 2.83. The minimum Gasteiger partial charge on any atom is -0.398 e. The lowest BCUT2D eigenvalue weighted by Crippen LogP contribution is -2.08. The molecule has 0 aliphatic rings. The summed E-state index contributed by atoms with van der Waals surface area (Å²) in [5.41, 5.74) is 7.93. The van der Waals surface area contributed by atoms with Crippen LogP contribution < -0.4 is 11.1 Å². The van der Waals surface area contributed by atoms with E-state index in [2.05, 4.69) is 5.32 Å². The Morgan fingerprint density at radius 2 is 2.00 bits per heavy atom.